The van der Waals surface area contributed by atoms with E-state index in [4.69, 9.17) is 4.55 Å². The van der Waals surface area contributed by atoms with E-state index in [0.717, 1.165) is 6.92 Å². The van der Waals surface area contributed by atoms with E-state index >= 15 is 0 Å². The number of rotatable bonds is 7. The summed E-state index contributed by atoms with van der Waals surface area (Å²) in [6, 6.07) is 0.516. The van der Waals surface area contributed by atoms with Crippen molar-refractivity contribution in [2.75, 3.05) is 0 Å². The fourth-order valence-corrected chi connectivity index (χ4v) is 2.81. The summed E-state index contributed by atoms with van der Waals surface area (Å²) >= 11 is -1.52. The number of thioether (sulfide) groups is 1. The highest BCUT2D eigenvalue weighted by Gasteiger charge is 2.74. The van der Waals surface area contributed by atoms with Gasteiger partial charge in [0, 0.05) is 5.56 Å². The Morgan fingerprint density at radius 1 is 0.964 bits per heavy atom. The normalized spacial score (nSPS) is 14.5. The summed E-state index contributed by atoms with van der Waals surface area (Å²) in [4.78, 5) is -1.46. The molecule has 0 aliphatic heterocycles. The lowest BCUT2D eigenvalue weighted by Crippen LogP contribution is -2.55. The molecule has 16 heteroatoms. The zero-order valence-corrected chi connectivity index (χ0v) is 15.0. The van der Waals surface area contributed by atoms with E-state index in [2.05, 4.69) is 4.74 Å². The van der Waals surface area contributed by atoms with Crippen LogP contribution in [0.5, 0.6) is 0 Å². The second kappa shape index (κ2) is 7.21. The van der Waals surface area contributed by atoms with Gasteiger partial charge in [0.05, 0.1) is 4.90 Å². The third-order valence-electron chi connectivity index (χ3n) is 3.08. The fourth-order valence-electron chi connectivity index (χ4n) is 1.55. The number of hydrogen-bond donors (Lipinski definition) is 1. The van der Waals surface area contributed by atoms with Crippen molar-refractivity contribution in [3.05, 3.63) is 28.8 Å². The summed E-state index contributed by atoms with van der Waals surface area (Å²) in [6.07, 6.45) is -13.4. The van der Waals surface area contributed by atoms with E-state index in [1.807, 2.05) is 0 Å². The molecule has 0 aromatic heterocycles. The Labute approximate surface area is 154 Å². The zero-order valence-electron chi connectivity index (χ0n) is 13.3. The molecule has 0 radical (unpaired) electrons. The van der Waals surface area contributed by atoms with Crippen LogP contribution in [0, 0.1) is 25.5 Å². The molecule has 0 spiro atoms. The molecule has 0 heterocycles. The molecule has 0 unspecified atom stereocenters. The Kier molecular flexibility index (Phi) is 6.38. The summed E-state index contributed by atoms with van der Waals surface area (Å²) in [5.74, 6) is -2.96. The third-order valence-corrected chi connectivity index (χ3v) is 5.14. The lowest BCUT2D eigenvalue weighted by Gasteiger charge is -2.31. The molecule has 0 aliphatic carbocycles. The standard InChI is InChI=1S/C12H8F10O4S2/c1-4-3-6(13)5(2)8(7(4)14)27-11(19,20)9(15,16)26-10(17,18)12(21,22)28(23,24)25/h3H,1-2H3,(H,23,24,25). The summed E-state index contributed by atoms with van der Waals surface area (Å²) in [5, 5.41) is -12.7. The number of alkyl halides is 8. The van der Waals surface area contributed by atoms with Crippen molar-refractivity contribution in [1.82, 2.24) is 0 Å². The Hall–Kier alpha value is -1.26. The van der Waals surface area contributed by atoms with Crippen molar-refractivity contribution in [2.45, 2.75) is 41.5 Å². The predicted octanol–water partition coefficient (Wildman–Crippen LogP) is 4.95. The molecule has 28 heavy (non-hydrogen) atoms. The van der Waals surface area contributed by atoms with Gasteiger partial charge in [0.25, 0.3) is 0 Å². The molecule has 1 aromatic rings. The van der Waals surface area contributed by atoms with E-state index in [1.165, 1.54) is 0 Å². The van der Waals surface area contributed by atoms with Gasteiger partial charge in [-0.3, -0.25) is 4.55 Å². The van der Waals surface area contributed by atoms with Crippen LogP contribution in [0.15, 0.2) is 11.0 Å². The highest BCUT2D eigenvalue weighted by molar-refractivity contribution is 8.00. The first-order valence-corrected chi connectivity index (χ1v) is 8.76. The number of aryl methyl sites for hydroxylation is 1. The predicted molar refractivity (Wildman–Crippen MR) is 74.1 cm³/mol. The second-order valence-corrected chi connectivity index (χ2v) is 7.78. The first kappa shape index (κ1) is 24.8. The minimum absolute atomic E-state index is 0.516. The number of benzene rings is 1. The van der Waals surface area contributed by atoms with Crippen LogP contribution in [-0.4, -0.2) is 35.7 Å². The van der Waals surface area contributed by atoms with Gasteiger partial charge in [0.1, 0.15) is 11.6 Å². The molecule has 0 atom stereocenters. The van der Waals surface area contributed by atoms with Crippen LogP contribution < -0.4 is 0 Å². The molecule has 0 aliphatic rings. The average Bonchev–Trinajstić information content (AvgIpc) is 2.47. The van der Waals surface area contributed by atoms with Crippen LogP contribution in [0.25, 0.3) is 0 Å². The third kappa shape index (κ3) is 4.33. The van der Waals surface area contributed by atoms with Gasteiger partial charge in [-0.1, -0.05) is 0 Å². The first-order valence-electron chi connectivity index (χ1n) is 6.50. The Balaban J connectivity index is 3.35. The SMILES string of the molecule is Cc1cc(F)c(C)c(SC(F)(F)C(F)(F)OC(F)(F)C(F)(F)S(=O)(=O)O)c1F. The van der Waals surface area contributed by atoms with Gasteiger partial charge in [-0.05, 0) is 37.2 Å². The lowest BCUT2D eigenvalue weighted by molar-refractivity contribution is -0.441. The van der Waals surface area contributed by atoms with Gasteiger partial charge in [-0.25, -0.2) is 13.5 Å². The fraction of sp³-hybridized carbons (Fsp3) is 0.500. The van der Waals surface area contributed by atoms with E-state index < -0.39 is 72.3 Å². The van der Waals surface area contributed by atoms with Crippen LogP contribution in [0.3, 0.4) is 0 Å². The van der Waals surface area contributed by atoms with Crippen LogP contribution in [0.1, 0.15) is 11.1 Å². The largest absolute Gasteiger partial charge is 0.460 e. The minimum atomic E-state index is -7.06. The molecule has 4 nitrogen and oxygen atoms in total. The summed E-state index contributed by atoms with van der Waals surface area (Å²) in [5.41, 5.74) is -1.56. The minimum Gasteiger partial charge on any atom is -0.281 e. The Morgan fingerprint density at radius 3 is 1.86 bits per heavy atom. The smallest absolute Gasteiger partial charge is 0.281 e. The monoisotopic (exact) mass is 470 g/mol. The van der Waals surface area contributed by atoms with Gasteiger partial charge in [-0.2, -0.15) is 43.5 Å². The molecule has 0 saturated heterocycles. The van der Waals surface area contributed by atoms with Crippen molar-refractivity contribution in [1.29, 1.82) is 0 Å². The topological polar surface area (TPSA) is 63.6 Å². The highest BCUT2D eigenvalue weighted by atomic mass is 32.2. The Morgan fingerprint density at radius 2 is 1.43 bits per heavy atom. The van der Waals surface area contributed by atoms with Crippen LogP contribution >= 0.6 is 11.8 Å². The maximum Gasteiger partial charge on any atom is 0.460 e. The van der Waals surface area contributed by atoms with Crippen LogP contribution in [0.4, 0.5) is 43.9 Å². The molecule has 1 N–H and O–H groups in total. The number of hydrogen-bond acceptors (Lipinski definition) is 4. The second-order valence-electron chi connectivity index (χ2n) is 5.19. The molecule has 0 saturated carbocycles. The van der Waals surface area contributed by atoms with Gasteiger partial charge in [0.15, 0.2) is 0 Å². The molecule has 0 bridgehead atoms. The van der Waals surface area contributed by atoms with E-state index in [1.54, 1.807) is 0 Å². The van der Waals surface area contributed by atoms with Gasteiger partial charge in [-0.15, -0.1) is 0 Å². The van der Waals surface area contributed by atoms with Crippen molar-refractivity contribution in [2.24, 2.45) is 0 Å². The molecule has 162 valence electrons. The quantitative estimate of drug-likeness (QED) is 0.347. The van der Waals surface area contributed by atoms with Gasteiger partial charge >= 0.3 is 32.8 Å². The summed E-state index contributed by atoms with van der Waals surface area (Å²) < 4.78 is 164. The van der Waals surface area contributed by atoms with Crippen molar-refractivity contribution >= 4 is 21.9 Å². The van der Waals surface area contributed by atoms with Crippen LogP contribution in [0.2, 0.25) is 0 Å². The molecule has 0 fully saturated rings. The lowest BCUT2D eigenvalue weighted by atomic mass is 10.1. The summed E-state index contributed by atoms with van der Waals surface area (Å²) in [6.45, 7) is 1.53. The van der Waals surface area contributed by atoms with Crippen molar-refractivity contribution < 1.29 is 61.6 Å². The average molecular weight is 470 g/mol. The maximum atomic E-state index is 13.9. The molecule has 1 aromatic carbocycles. The van der Waals surface area contributed by atoms with E-state index in [0.29, 0.717) is 13.0 Å². The first-order chi connectivity index (χ1) is 12.2. The van der Waals surface area contributed by atoms with Gasteiger partial charge < -0.3 is 0 Å². The van der Waals surface area contributed by atoms with E-state index in [-0.39, 0.29) is 0 Å². The molecular weight excluding hydrogens is 462 g/mol. The number of ether oxygens (including phenoxy) is 1. The number of halogens is 10. The van der Waals surface area contributed by atoms with Gasteiger partial charge in [0.2, 0.25) is 0 Å². The van der Waals surface area contributed by atoms with Crippen molar-refractivity contribution in [3.63, 3.8) is 0 Å². The van der Waals surface area contributed by atoms with E-state index in [9.17, 15) is 52.3 Å². The molecule has 1 rings (SSSR count). The zero-order chi connectivity index (χ0) is 22.5. The Bertz CT molecular complexity index is 843. The molecular formula is C12H8F10O4S2. The van der Waals surface area contributed by atoms with Crippen molar-refractivity contribution in [3.8, 4) is 0 Å². The summed E-state index contributed by atoms with van der Waals surface area (Å²) in [7, 11) is -7.06. The maximum absolute atomic E-state index is 13.9. The highest BCUT2D eigenvalue weighted by Crippen LogP contribution is 2.53. The molecule has 0 amide bonds. The van der Waals surface area contributed by atoms with Crippen LogP contribution in [-0.2, 0) is 14.9 Å².